The molecule has 1 atom stereocenters. The molecule has 0 aliphatic carbocycles. The van der Waals surface area contributed by atoms with Crippen molar-refractivity contribution >= 4 is 28.5 Å². The zero-order chi connectivity index (χ0) is 22.1. The Labute approximate surface area is 189 Å². The molecule has 1 aliphatic heterocycles. The molecule has 1 unspecified atom stereocenters. The smallest absolute Gasteiger partial charge is 0.306 e. The van der Waals surface area contributed by atoms with E-state index in [1.165, 1.54) is 33.3 Å². The molecule has 0 saturated heterocycles. The molecule has 5 heteroatoms. The number of aryl methyl sites for hydroxylation is 1. The Morgan fingerprint density at radius 3 is 2.61 bits per heavy atom. The minimum atomic E-state index is -0.147. The van der Waals surface area contributed by atoms with E-state index in [0.29, 0.717) is 6.42 Å². The van der Waals surface area contributed by atoms with E-state index in [4.69, 9.17) is 16.3 Å². The number of hydrogen-bond acceptors (Lipinski definition) is 3. The van der Waals surface area contributed by atoms with Crippen LogP contribution < -0.4 is 0 Å². The summed E-state index contributed by atoms with van der Waals surface area (Å²) in [6.07, 6.45) is 1.27. The van der Waals surface area contributed by atoms with E-state index in [2.05, 4.69) is 59.8 Å². The van der Waals surface area contributed by atoms with Crippen molar-refractivity contribution in [1.29, 1.82) is 0 Å². The number of rotatable bonds is 6. The Morgan fingerprint density at radius 1 is 1.16 bits per heavy atom. The summed E-state index contributed by atoms with van der Waals surface area (Å²) >= 11 is 6.35. The standard InChI is InChI=1S/C26H31ClN2O2/c1-17(2)31-26(30)13-20(19-7-5-18(3)6-8-19)15-29-24-10-9-21(27)14-23(24)22-11-12-28(4)16-25(22)29/h5-10,14,17,20H,11-13,15-16H2,1-4H3. The lowest BCUT2D eigenvalue weighted by Crippen LogP contribution is -2.28. The van der Waals surface area contributed by atoms with Gasteiger partial charge in [0.05, 0.1) is 12.5 Å². The third kappa shape index (κ3) is 4.81. The van der Waals surface area contributed by atoms with E-state index in [1.54, 1.807) is 0 Å². The summed E-state index contributed by atoms with van der Waals surface area (Å²) in [4.78, 5) is 15.0. The molecule has 2 aromatic carbocycles. The van der Waals surface area contributed by atoms with Crippen LogP contribution in [0.4, 0.5) is 0 Å². The molecule has 0 amide bonds. The third-order valence-corrected chi connectivity index (χ3v) is 6.38. The zero-order valence-corrected chi connectivity index (χ0v) is 19.6. The van der Waals surface area contributed by atoms with Crippen LogP contribution in [0, 0.1) is 6.92 Å². The van der Waals surface area contributed by atoms with Crippen molar-refractivity contribution in [3.8, 4) is 0 Å². The van der Waals surface area contributed by atoms with Crippen LogP contribution in [0.2, 0.25) is 5.02 Å². The fourth-order valence-electron chi connectivity index (χ4n) is 4.61. The van der Waals surface area contributed by atoms with E-state index >= 15 is 0 Å². The minimum absolute atomic E-state index is 0.0365. The van der Waals surface area contributed by atoms with Gasteiger partial charge in [0.1, 0.15) is 0 Å². The van der Waals surface area contributed by atoms with Crippen LogP contribution in [0.1, 0.15) is 48.6 Å². The van der Waals surface area contributed by atoms with Crippen molar-refractivity contribution in [2.75, 3.05) is 13.6 Å². The molecule has 1 aliphatic rings. The number of nitrogens with zero attached hydrogens (tertiary/aromatic N) is 2. The van der Waals surface area contributed by atoms with Crippen molar-refractivity contribution in [2.45, 2.75) is 58.7 Å². The van der Waals surface area contributed by atoms with E-state index < -0.39 is 0 Å². The normalized spacial score (nSPS) is 15.3. The zero-order valence-electron chi connectivity index (χ0n) is 18.8. The highest BCUT2D eigenvalue weighted by Crippen LogP contribution is 2.35. The quantitative estimate of drug-likeness (QED) is 0.462. The van der Waals surface area contributed by atoms with Crippen LogP contribution in [0.25, 0.3) is 10.9 Å². The van der Waals surface area contributed by atoms with Crippen molar-refractivity contribution in [3.63, 3.8) is 0 Å². The Hall–Kier alpha value is -2.30. The number of esters is 1. The van der Waals surface area contributed by atoms with Gasteiger partial charge in [0.25, 0.3) is 0 Å². The second kappa shape index (κ2) is 9.05. The molecule has 31 heavy (non-hydrogen) atoms. The van der Waals surface area contributed by atoms with E-state index in [9.17, 15) is 4.79 Å². The number of benzene rings is 2. The van der Waals surface area contributed by atoms with Crippen molar-refractivity contribution in [3.05, 3.63) is 69.9 Å². The first-order chi connectivity index (χ1) is 14.8. The summed E-state index contributed by atoms with van der Waals surface area (Å²) in [6, 6.07) is 14.7. The van der Waals surface area contributed by atoms with Crippen LogP contribution in [0.5, 0.6) is 0 Å². The predicted molar refractivity (Wildman–Crippen MR) is 127 cm³/mol. The first-order valence-electron chi connectivity index (χ1n) is 11.1. The van der Waals surface area contributed by atoms with E-state index in [-0.39, 0.29) is 18.0 Å². The number of hydrogen-bond donors (Lipinski definition) is 0. The SMILES string of the molecule is Cc1ccc(C(CC(=O)OC(C)C)Cn2c3c(c4cc(Cl)ccc42)CCN(C)C3)cc1. The Morgan fingerprint density at radius 2 is 1.90 bits per heavy atom. The van der Waals surface area contributed by atoms with Gasteiger partial charge in [-0.05, 0) is 63.6 Å². The second-order valence-electron chi connectivity index (χ2n) is 9.04. The molecule has 3 aromatic rings. The van der Waals surface area contributed by atoms with Crippen LogP contribution in [0.3, 0.4) is 0 Å². The molecule has 2 heterocycles. The molecule has 164 valence electrons. The topological polar surface area (TPSA) is 34.5 Å². The van der Waals surface area contributed by atoms with E-state index in [0.717, 1.165) is 31.1 Å². The second-order valence-corrected chi connectivity index (χ2v) is 9.47. The lowest BCUT2D eigenvalue weighted by molar-refractivity contribution is -0.147. The monoisotopic (exact) mass is 438 g/mol. The Kier molecular flexibility index (Phi) is 6.40. The van der Waals surface area contributed by atoms with Crippen molar-refractivity contribution in [1.82, 2.24) is 9.47 Å². The summed E-state index contributed by atoms with van der Waals surface area (Å²) in [6.45, 7) is 8.56. The summed E-state index contributed by atoms with van der Waals surface area (Å²) in [5.74, 6) is -0.111. The molecular weight excluding hydrogens is 408 g/mol. The van der Waals surface area contributed by atoms with Gasteiger partial charge in [-0.25, -0.2) is 0 Å². The molecule has 0 spiro atoms. The van der Waals surface area contributed by atoms with Crippen molar-refractivity contribution < 1.29 is 9.53 Å². The highest BCUT2D eigenvalue weighted by molar-refractivity contribution is 6.31. The Balaban J connectivity index is 1.76. The molecule has 0 N–H and O–H groups in total. The first-order valence-corrected chi connectivity index (χ1v) is 11.4. The summed E-state index contributed by atoms with van der Waals surface area (Å²) in [5.41, 5.74) is 6.30. The Bertz CT molecular complexity index is 1080. The van der Waals surface area contributed by atoms with Crippen LogP contribution >= 0.6 is 11.6 Å². The van der Waals surface area contributed by atoms with Gasteiger partial charge in [0.15, 0.2) is 0 Å². The fourth-order valence-corrected chi connectivity index (χ4v) is 4.79. The van der Waals surface area contributed by atoms with Gasteiger partial charge in [-0.15, -0.1) is 0 Å². The average molecular weight is 439 g/mol. The maximum atomic E-state index is 12.6. The maximum Gasteiger partial charge on any atom is 0.306 e. The van der Waals surface area contributed by atoms with Crippen LogP contribution in [-0.2, 0) is 29.0 Å². The van der Waals surface area contributed by atoms with Gasteiger partial charge in [-0.2, -0.15) is 0 Å². The number of aromatic nitrogens is 1. The van der Waals surface area contributed by atoms with Gasteiger partial charge in [-0.1, -0.05) is 41.4 Å². The van der Waals surface area contributed by atoms with Gasteiger partial charge in [0, 0.05) is 47.2 Å². The number of ether oxygens (including phenoxy) is 1. The summed E-state index contributed by atoms with van der Waals surface area (Å²) in [5, 5.41) is 2.00. The lowest BCUT2D eigenvalue weighted by Gasteiger charge is -2.26. The predicted octanol–water partition coefficient (Wildman–Crippen LogP) is 5.72. The molecule has 0 radical (unpaired) electrons. The van der Waals surface area contributed by atoms with Gasteiger partial charge < -0.3 is 14.2 Å². The van der Waals surface area contributed by atoms with Gasteiger partial charge >= 0.3 is 5.97 Å². The lowest BCUT2D eigenvalue weighted by atomic mass is 9.94. The number of carbonyl (C=O) groups excluding carboxylic acids is 1. The van der Waals surface area contributed by atoms with E-state index in [1.807, 2.05) is 19.9 Å². The first kappa shape index (κ1) is 21.9. The number of fused-ring (bicyclic) bond motifs is 3. The van der Waals surface area contributed by atoms with Gasteiger partial charge in [-0.3, -0.25) is 4.79 Å². The largest absolute Gasteiger partial charge is 0.463 e. The van der Waals surface area contributed by atoms with Crippen LogP contribution in [-0.4, -0.2) is 35.1 Å². The molecule has 4 nitrogen and oxygen atoms in total. The number of halogens is 1. The maximum absolute atomic E-state index is 12.6. The molecular formula is C26H31ClN2O2. The van der Waals surface area contributed by atoms with Gasteiger partial charge in [0.2, 0.25) is 0 Å². The molecule has 0 saturated carbocycles. The number of carbonyl (C=O) groups is 1. The highest BCUT2D eigenvalue weighted by atomic mass is 35.5. The minimum Gasteiger partial charge on any atom is -0.463 e. The van der Waals surface area contributed by atoms with Crippen molar-refractivity contribution in [2.24, 2.45) is 0 Å². The highest BCUT2D eigenvalue weighted by Gasteiger charge is 2.26. The molecule has 0 fully saturated rings. The number of likely N-dealkylation sites (N-methyl/N-ethyl adjacent to an activating group) is 1. The third-order valence-electron chi connectivity index (χ3n) is 6.14. The fraction of sp³-hybridized carbons (Fsp3) is 0.423. The average Bonchev–Trinajstić information content (AvgIpc) is 2.99. The molecule has 4 rings (SSSR count). The van der Waals surface area contributed by atoms with Crippen LogP contribution in [0.15, 0.2) is 42.5 Å². The summed E-state index contributed by atoms with van der Waals surface area (Å²) in [7, 11) is 2.16. The molecule has 1 aromatic heterocycles. The molecule has 0 bridgehead atoms. The summed E-state index contributed by atoms with van der Waals surface area (Å²) < 4.78 is 7.91.